The average molecular weight is 413 g/mol. The fourth-order valence-electron chi connectivity index (χ4n) is 3.28. The highest BCUT2D eigenvalue weighted by Crippen LogP contribution is 2.23. The summed E-state index contributed by atoms with van der Waals surface area (Å²) in [6, 6.07) is 12.2. The first-order valence-electron chi connectivity index (χ1n) is 11.3. The Labute approximate surface area is 180 Å². The number of carbonyl (C=O) groups is 1. The topological polar surface area (TPSA) is 55.8 Å². The Morgan fingerprint density at radius 1 is 0.867 bits per heavy atom. The second kappa shape index (κ2) is 14.6. The van der Waals surface area contributed by atoms with E-state index in [-0.39, 0.29) is 12.6 Å². The molecule has 2 aromatic carbocycles. The quantitative estimate of drug-likeness (QED) is 0.212. The van der Waals surface area contributed by atoms with Crippen molar-refractivity contribution < 1.29 is 19.4 Å². The molecular weight excluding hydrogens is 376 g/mol. The Balaban J connectivity index is 1.78. The Morgan fingerprint density at radius 3 is 2.37 bits per heavy atom. The molecule has 4 heteroatoms. The van der Waals surface area contributed by atoms with Gasteiger partial charge in [0.25, 0.3) is 0 Å². The molecule has 2 aromatic rings. The van der Waals surface area contributed by atoms with Crippen molar-refractivity contribution in [2.45, 2.75) is 64.7 Å². The van der Waals surface area contributed by atoms with Crippen LogP contribution in [0.4, 0.5) is 0 Å². The predicted octanol–water partition coefficient (Wildman–Crippen LogP) is 6.30. The van der Waals surface area contributed by atoms with E-state index >= 15 is 0 Å². The number of benzene rings is 2. The van der Waals surface area contributed by atoms with Crippen LogP contribution in [0.5, 0.6) is 5.75 Å². The third-order valence-corrected chi connectivity index (χ3v) is 5.06. The van der Waals surface area contributed by atoms with Gasteiger partial charge in [-0.05, 0) is 66.3 Å². The minimum Gasteiger partial charge on any atom is -0.494 e. The van der Waals surface area contributed by atoms with Crippen molar-refractivity contribution in [1.29, 1.82) is 0 Å². The molecule has 1 N–H and O–H groups in total. The standard InChI is InChI=1S/C26H36O4/c1-2-3-4-6-9-18-29-25-15-14-23-20-22(11-13-24(23)21-25)12-16-26(28)30-19-10-7-5-8-17-27/h11-16,20-21,27H,2-10,17-19H2,1H3/b16-12+. The molecule has 0 spiro atoms. The Hall–Kier alpha value is -2.33. The van der Waals surface area contributed by atoms with Gasteiger partial charge in [-0.15, -0.1) is 0 Å². The van der Waals surface area contributed by atoms with Crippen LogP contribution >= 0.6 is 0 Å². The number of fused-ring (bicyclic) bond motifs is 1. The number of ether oxygens (including phenoxy) is 2. The summed E-state index contributed by atoms with van der Waals surface area (Å²) in [6.07, 6.45) is 13.0. The highest BCUT2D eigenvalue weighted by Gasteiger charge is 2.01. The van der Waals surface area contributed by atoms with Crippen LogP contribution in [0.25, 0.3) is 16.8 Å². The van der Waals surface area contributed by atoms with E-state index in [2.05, 4.69) is 31.2 Å². The van der Waals surface area contributed by atoms with Gasteiger partial charge in [-0.2, -0.15) is 0 Å². The van der Waals surface area contributed by atoms with Gasteiger partial charge in [-0.3, -0.25) is 0 Å². The van der Waals surface area contributed by atoms with Gasteiger partial charge in [0.2, 0.25) is 0 Å². The lowest BCUT2D eigenvalue weighted by molar-refractivity contribution is -0.137. The molecule has 0 heterocycles. The van der Waals surface area contributed by atoms with Gasteiger partial charge in [-0.1, -0.05) is 57.2 Å². The van der Waals surface area contributed by atoms with Crippen molar-refractivity contribution in [2.75, 3.05) is 19.8 Å². The van der Waals surface area contributed by atoms with Crippen LogP contribution in [0.1, 0.15) is 70.3 Å². The van der Waals surface area contributed by atoms with Gasteiger partial charge >= 0.3 is 5.97 Å². The molecule has 164 valence electrons. The van der Waals surface area contributed by atoms with E-state index in [9.17, 15) is 4.79 Å². The minimum atomic E-state index is -0.320. The number of rotatable bonds is 15. The second-order valence-corrected chi connectivity index (χ2v) is 7.67. The summed E-state index contributed by atoms with van der Waals surface area (Å²) < 4.78 is 11.1. The monoisotopic (exact) mass is 412 g/mol. The number of aliphatic hydroxyl groups excluding tert-OH is 1. The molecule has 0 aliphatic heterocycles. The van der Waals surface area contributed by atoms with E-state index in [0.717, 1.165) is 60.8 Å². The molecule has 0 aliphatic carbocycles. The van der Waals surface area contributed by atoms with Gasteiger partial charge in [0, 0.05) is 12.7 Å². The van der Waals surface area contributed by atoms with Crippen molar-refractivity contribution in [3.05, 3.63) is 48.0 Å². The third kappa shape index (κ3) is 9.45. The van der Waals surface area contributed by atoms with E-state index in [1.165, 1.54) is 31.8 Å². The van der Waals surface area contributed by atoms with Crippen molar-refractivity contribution in [1.82, 2.24) is 0 Å². The highest BCUT2D eigenvalue weighted by atomic mass is 16.5. The third-order valence-electron chi connectivity index (χ3n) is 5.06. The van der Waals surface area contributed by atoms with Gasteiger partial charge in [-0.25, -0.2) is 4.79 Å². The lowest BCUT2D eigenvalue weighted by Crippen LogP contribution is -2.02. The van der Waals surface area contributed by atoms with E-state index in [0.29, 0.717) is 6.61 Å². The average Bonchev–Trinajstić information content (AvgIpc) is 2.77. The van der Waals surface area contributed by atoms with Gasteiger partial charge < -0.3 is 14.6 Å². The van der Waals surface area contributed by atoms with Gasteiger partial charge in [0.1, 0.15) is 5.75 Å². The van der Waals surface area contributed by atoms with E-state index in [1.807, 2.05) is 12.1 Å². The zero-order chi connectivity index (χ0) is 21.4. The summed E-state index contributed by atoms with van der Waals surface area (Å²) >= 11 is 0. The molecule has 0 amide bonds. The fraction of sp³-hybridized carbons (Fsp3) is 0.500. The molecule has 0 aromatic heterocycles. The Morgan fingerprint density at radius 2 is 1.57 bits per heavy atom. The zero-order valence-electron chi connectivity index (χ0n) is 18.3. The van der Waals surface area contributed by atoms with Crippen LogP contribution in [-0.2, 0) is 9.53 Å². The van der Waals surface area contributed by atoms with Crippen LogP contribution < -0.4 is 4.74 Å². The minimum absolute atomic E-state index is 0.224. The summed E-state index contributed by atoms with van der Waals surface area (Å²) in [6.45, 7) is 3.64. The normalized spacial score (nSPS) is 11.3. The van der Waals surface area contributed by atoms with Crippen LogP contribution in [0, 0.1) is 0 Å². The molecule has 4 nitrogen and oxygen atoms in total. The highest BCUT2D eigenvalue weighted by molar-refractivity contribution is 5.90. The summed E-state index contributed by atoms with van der Waals surface area (Å²) in [5.74, 6) is 0.587. The molecule has 0 saturated heterocycles. The van der Waals surface area contributed by atoms with Crippen LogP contribution in [0.2, 0.25) is 0 Å². The number of hydrogen-bond donors (Lipinski definition) is 1. The lowest BCUT2D eigenvalue weighted by Gasteiger charge is -2.08. The predicted molar refractivity (Wildman–Crippen MR) is 124 cm³/mol. The zero-order valence-corrected chi connectivity index (χ0v) is 18.3. The maximum Gasteiger partial charge on any atom is 0.330 e. The first-order valence-corrected chi connectivity index (χ1v) is 11.3. The summed E-state index contributed by atoms with van der Waals surface area (Å²) in [5.41, 5.74) is 0.965. The Kier molecular flexibility index (Phi) is 11.7. The molecular formula is C26H36O4. The largest absolute Gasteiger partial charge is 0.494 e. The van der Waals surface area contributed by atoms with Crippen molar-refractivity contribution >= 4 is 22.8 Å². The van der Waals surface area contributed by atoms with E-state index in [1.54, 1.807) is 6.08 Å². The molecule has 0 fully saturated rings. The number of esters is 1. The van der Waals surface area contributed by atoms with Gasteiger partial charge in [0.05, 0.1) is 13.2 Å². The SMILES string of the molecule is CCCCCCCOc1ccc2cc(/C=C/C(=O)OCCCCCCO)ccc2c1. The van der Waals surface area contributed by atoms with Crippen molar-refractivity contribution in [3.63, 3.8) is 0 Å². The molecule has 30 heavy (non-hydrogen) atoms. The van der Waals surface area contributed by atoms with Crippen molar-refractivity contribution in [3.8, 4) is 5.75 Å². The number of carbonyl (C=O) groups excluding carboxylic acids is 1. The molecule has 0 aliphatic rings. The second-order valence-electron chi connectivity index (χ2n) is 7.67. The molecule has 0 unspecified atom stereocenters. The number of aliphatic hydroxyl groups is 1. The fourth-order valence-corrected chi connectivity index (χ4v) is 3.28. The maximum absolute atomic E-state index is 11.8. The first kappa shape index (κ1) is 23.9. The molecule has 0 radical (unpaired) electrons. The Bertz CT molecular complexity index is 782. The number of hydrogen-bond acceptors (Lipinski definition) is 4. The van der Waals surface area contributed by atoms with Crippen LogP contribution in [0.15, 0.2) is 42.5 Å². The molecule has 0 bridgehead atoms. The van der Waals surface area contributed by atoms with Crippen LogP contribution in [0.3, 0.4) is 0 Å². The number of unbranched alkanes of at least 4 members (excludes halogenated alkanes) is 7. The summed E-state index contributed by atoms with van der Waals surface area (Å²) in [4.78, 5) is 11.8. The molecule has 0 saturated carbocycles. The maximum atomic E-state index is 11.8. The summed E-state index contributed by atoms with van der Waals surface area (Å²) in [5, 5.41) is 11.0. The van der Waals surface area contributed by atoms with Crippen molar-refractivity contribution in [2.24, 2.45) is 0 Å². The lowest BCUT2D eigenvalue weighted by atomic mass is 10.1. The molecule has 2 rings (SSSR count). The smallest absolute Gasteiger partial charge is 0.330 e. The van der Waals surface area contributed by atoms with E-state index < -0.39 is 0 Å². The van der Waals surface area contributed by atoms with Gasteiger partial charge in [0.15, 0.2) is 0 Å². The molecule has 0 atom stereocenters. The van der Waals surface area contributed by atoms with Crippen LogP contribution in [-0.4, -0.2) is 30.9 Å². The summed E-state index contributed by atoms with van der Waals surface area (Å²) in [7, 11) is 0. The van der Waals surface area contributed by atoms with E-state index in [4.69, 9.17) is 14.6 Å². The first-order chi connectivity index (χ1) is 14.7.